The smallest absolute Gasteiger partial charge is 0.377 e. The van der Waals surface area contributed by atoms with E-state index in [-0.39, 0.29) is 18.3 Å². The maximum Gasteiger partial charge on any atom is 0.377 e. The molecule has 0 bridgehead atoms. The van der Waals surface area contributed by atoms with Crippen LogP contribution in [0.25, 0.3) is 0 Å². The molecule has 1 aromatic heterocycles. The van der Waals surface area contributed by atoms with E-state index in [0.717, 1.165) is 4.88 Å². The summed E-state index contributed by atoms with van der Waals surface area (Å²) in [5.41, 5.74) is 0.693. The van der Waals surface area contributed by atoms with E-state index in [1.807, 2.05) is 17.5 Å². The highest BCUT2D eigenvalue weighted by Gasteiger charge is 2.41. The average molecular weight is 407 g/mol. The number of hydrazine groups is 1. The molecule has 2 heterocycles. The van der Waals surface area contributed by atoms with Gasteiger partial charge in [-0.25, -0.2) is 14.8 Å². The molecule has 0 fully saturated rings. The summed E-state index contributed by atoms with van der Waals surface area (Å²) in [4.78, 5) is 25.8. The number of esters is 1. The minimum absolute atomic E-state index is 0.0230. The number of hydrogen-bond acceptors (Lipinski definition) is 7. The first-order valence-corrected chi connectivity index (χ1v) is 9.57. The van der Waals surface area contributed by atoms with Crippen molar-refractivity contribution in [2.75, 3.05) is 18.7 Å². The van der Waals surface area contributed by atoms with Crippen LogP contribution in [0.15, 0.2) is 46.9 Å². The van der Waals surface area contributed by atoms with E-state index in [1.165, 1.54) is 28.3 Å². The maximum absolute atomic E-state index is 12.5. The molecular formula is C18H19ClN4O3S. The van der Waals surface area contributed by atoms with Crippen LogP contribution in [0, 0.1) is 0 Å². The largest absolute Gasteiger partial charge is 0.460 e. The van der Waals surface area contributed by atoms with E-state index in [2.05, 4.69) is 5.10 Å². The zero-order valence-electron chi connectivity index (χ0n) is 15.1. The second kappa shape index (κ2) is 7.98. The summed E-state index contributed by atoms with van der Waals surface area (Å²) in [5.74, 6) is -0.809. The van der Waals surface area contributed by atoms with Gasteiger partial charge in [0.2, 0.25) is 5.91 Å². The first kappa shape index (κ1) is 19.2. The molecule has 0 radical (unpaired) electrons. The molecule has 0 aliphatic carbocycles. The molecule has 0 N–H and O–H groups in total. The fraction of sp³-hybridized carbons (Fsp3) is 0.278. The Hall–Kier alpha value is -2.58. The van der Waals surface area contributed by atoms with Gasteiger partial charge in [-0.3, -0.25) is 9.80 Å². The molecule has 9 heteroatoms. The van der Waals surface area contributed by atoms with Crippen molar-refractivity contribution in [3.05, 3.63) is 51.7 Å². The first-order valence-electron chi connectivity index (χ1n) is 8.31. The topological polar surface area (TPSA) is 65.5 Å². The van der Waals surface area contributed by atoms with Gasteiger partial charge in [0.15, 0.2) is 6.17 Å². The average Bonchev–Trinajstić information content (AvgIpc) is 3.16. The minimum atomic E-state index is -0.602. The van der Waals surface area contributed by atoms with Gasteiger partial charge >= 0.3 is 5.97 Å². The van der Waals surface area contributed by atoms with Gasteiger partial charge in [0.05, 0.1) is 17.2 Å². The number of benzene rings is 1. The molecule has 1 aliphatic rings. The van der Waals surface area contributed by atoms with Crippen LogP contribution in [-0.4, -0.2) is 41.4 Å². The van der Waals surface area contributed by atoms with Crippen molar-refractivity contribution in [2.24, 2.45) is 5.10 Å². The Morgan fingerprint density at radius 3 is 2.52 bits per heavy atom. The molecule has 3 rings (SSSR count). The lowest BCUT2D eigenvalue weighted by Crippen LogP contribution is -2.58. The summed E-state index contributed by atoms with van der Waals surface area (Å²) >= 11 is 7.51. The third kappa shape index (κ3) is 3.77. The van der Waals surface area contributed by atoms with Crippen LogP contribution in [0.1, 0.15) is 24.9 Å². The molecule has 142 valence electrons. The number of anilines is 1. The lowest BCUT2D eigenvalue weighted by molar-refractivity contribution is -0.147. The standard InChI is InChI=1S/C18H19ClN4O3S/c1-4-26-18(25)16-20-22(14-9-7-13(19)8-10-14)17(15-6-5-11-27-15)23(12(2)24)21(16)3/h5-11,17H,4H2,1-3H3/t17-/m0/s1. The van der Waals surface area contributed by atoms with Gasteiger partial charge in [-0.15, -0.1) is 16.4 Å². The third-order valence-corrected chi connectivity index (χ3v) is 5.13. The number of hydrazone groups is 1. The molecule has 0 saturated carbocycles. The Labute approximate surface area is 166 Å². The number of likely N-dealkylation sites (N-methyl/N-ethyl adjacent to an activating group) is 1. The lowest BCUT2D eigenvalue weighted by Gasteiger charge is -2.45. The van der Waals surface area contributed by atoms with Crippen molar-refractivity contribution in [3.63, 3.8) is 0 Å². The van der Waals surface area contributed by atoms with E-state index in [0.29, 0.717) is 10.7 Å². The van der Waals surface area contributed by atoms with E-state index in [9.17, 15) is 9.59 Å². The second-order valence-electron chi connectivity index (χ2n) is 5.74. The maximum atomic E-state index is 12.5. The molecule has 0 spiro atoms. The van der Waals surface area contributed by atoms with Crippen molar-refractivity contribution in [3.8, 4) is 0 Å². The summed E-state index contributed by atoms with van der Waals surface area (Å²) in [6, 6.07) is 10.9. The van der Waals surface area contributed by atoms with Crippen LogP contribution in [0.5, 0.6) is 0 Å². The zero-order chi connectivity index (χ0) is 19.6. The van der Waals surface area contributed by atoms with Crippen molar-refractivity contribution >= 4 is 46.3 Å². The number of carbonyl (C=O) groups is 2. The normalized spacial score (nSPS) is 17.0. The van der Waals surface area contributed by atoms with Gasteiger partial charge in [-0.05, 0) is 42.6 Å². The van der Waals surface area contributed by atoms with E-state index in [4.69, 9.17) is 16.3 Å². The molecule has 1 aromatic carbocycles. The van der Waals surface area contributed by atoms with Gasteiger partial charge in [0.25, 0.3) is 5.84 Å². The first-order chi connectivity index (χ1) is 12.9. The number of nitrogens with zero attached hydrogens (tertiary/aromatic N) is 4. The monoisotopic (exact) mass is 406 g/mol. The summed E-state index contributed by atoms with van der Waals surface area (Å²) in [6.07, 6.45) is -0.535. The van der Waals surface area contributed by atoms with Gasteiger partial charge in [-0.1, -0.05) is 17.7 Å². The lowest BCUT2D eigenvalue weighted by atomic mass is 10.2. The van der Waals surface area contributed by atoms with Crippen molar-refractivity contribution in [1.82, 2.24) is 10.0 Å². The van der Waals surface area contributed by atoms with Crippen molar-refractivity contribution in [1.29, 1.82) is 0 Å². The predicted octanol–water partition coefficient (Wildman–Crippen LogP) is 3.49. The highest BCUT2D eigenvalue weighted by Crippen LogP contribution is 2.37. The number of amidine groups is 1. The molecule has 0 unspecified atom stereocenters. The highest BCUT2D eigenvalue weighted by atomic mass is 35.5. The number of halogens is 1. The molecule has 1 amide bonds. The van der Waals surface area contributed by atoms with Crippen LogP contribution in [0.2, 0.25) is 5.02 Å². The van der Waals surface area contributed by atoms with Crippen molar-refractivity contribution in [2.45, 2.75) is 20.0 Å². The van der Waals surface area contributed by atoms with Gasteiger partial charge in [0, 0.05) is 19.0 Å². The predicted molar refractivity (Wildman–Crippen MR) is 105 cm³/mol. The van der Waals surface area contributed by atoms with Gasteiger partial charge < -0.3 is 4.74 Å². The summed E-state index contributed by atoms with van der Waals surface area (Å²) < 4.78 is 5.11. The van der Waals surface area contributed by atoms with E-state index < -0.39 is 12.1 Å². The molecule has 1 atom stereocenters. The molecule has 1 aliphatic heterocycles. The minimum Gasteiger partial charge on any atom is -0.460 e. The Bertz CT molecular complexity index is 854. The summed E-state index contributed by atoms with van der Waals surface area (Å²) in [6.45, 7) is 3.38. The Kier molecular flexibility index (Phi) is 5.67. The van der Waals surface area contributed by atoms with Gasteiger partial charge in [-0.2, -0.15) is 0 Å². The number of amides is 1. The molecular weight excluding hydrogens is 388 g/mol. The van der Waals surface area contributed by atoms with Crippen LogP contribution < -0.4 is 5.01 Å². The molecule has 27 heavy (non-hydrogen) atoms. The fourth-order valence-electron chi connectivity index (χ4n) is 2.82. The van der Waals surface area contributed by atoms with Crippen LogP contribution in [0.3, 0.4) is 0 Å². The number of hydrogen-bond donors (Lipinski definition) is 0. The van der Waals surface area contributed by atoms with E-state index in [1.54, 1.807) is 43.2 Å². The quantitative estimate of drug-likeness (QED) is 0.727. The third-order valence-electron chi connectivity index (χ3n) is 3.96. The van der Waals surface area contributed by atoms with Crippen LogP contribution in [0.4, 0.5) is 5.69 Å². The number of rotatable bonds is 4. The summed E-state index contributed by atoms with van der Waals surface area (Å²) in [7, 11) is 1.62. The highest BCUT2D eigenvalue weighted by molar-refractivity contribution is 7.10. The van der Waals surface area contributed by atoms with Gasteiger partial charge in [0.1, 0.15) is 0 Å². The SMILES string of the molecule is CCOC(=O)C1=NN(c2ccc(Cl)cc2)[C@H](c2cccs2)N(C(C)=O)N1C. The molecule has 2 aromatic rings. The number of ether oxygens (including phenoxy) is 1. The summed E-state index contributed by atoms with van der Waals surface area (Å²) in [5, 5.41) is 11.6. The fourth-order valence-corrected chi connectivity index (χ4v) is 3.73. The van der Waals surface area contributed by atoms with Crippen molar-refractivity contribution < 1.29 is 14.3 Å². The van der Waals surface area contributed by atoms with Crippen LogP contribution in [-0.2, 0) is 14.3 Å². The van der Waals surface area contributed by atoms with Crippen LogP contribution >= 0.6 is 22.9 Å². The van der Waals surface area contributed by atoms with E-state index >= 15 is 0 Å². The molecule has 7 nitrogen and oxygen atoms in total. The zero-order valence-corrected chi connectivity index (χ0v) is 16.7. The number of carbonyl (C=O) groups excluding carboxylic acids is 2. The Balaban J connectivity index is 2.17. The second-order valence-corrected chi connectivity index (χ2v) is 7.16. The Morgan fingerprint density at radius 2 is 1.96 bits per heavy atom. The Morgan fingerprint density at radius 1 is 1.26 bits per heavy atom. The number of thiophene rings is 1. The molecule has 0 saturated heterocycles.